The SMILES string of the molecule is O=S1(=O)C=CC(NCc2ccc[nH]2)C1. The van der Waals surface area contributed by atoms with Crippen LogP contribution in [0.4, 0.5) is 0 Å². The molecule has 2 heterocycles. The lowest BCUT2D eigenvalue weighted by Gasteiger charge is -2.07. The van der Waals surface area contributed by atoms with Crippen molar-refractivity contribution in [3.8, 4) is 0 Å². The molecule has 0 saturated carbocycles. The fourth-order valence-corrected chi connectivity index (χ4v) is 2.69. The minimum Gasteiger partial charge on any atom is -0.364 e. The van der Waals surface area contributed by atoms with Crippen LogP contribution in [0.1, 0.15) is 5.69 Å². The smallest absolute Gasteiger partial charge is 0.173 e. The molecule has 0 amide bonds. The molecule has 14 heavy (non-hydrogen) atoms. The highest BCUT2D eigenvalue weighted by atomic mass is 32.2. The van der Waals surface area contributed by atoms with Crippen LogP contribution in [0, 0.1) is 0 Å². The highest BCUT2D eigenvalue weighted by Crippen LogP contribution is 2.08. The van der Waals surface area contributed by atoms with Gasteiger partial charge in [0.15, 0.2) is 9.84 Å². The first-order chi connectivity index (χ1) is 6.66. The molecule has 76 valence electrons. The summed E-state index contributed by atoms with van der Waals surface area (Å²) in [5.41, 5.74) is 1.06. The fraction of sp³-hybridized carbons (Fsp3) is 0.333. The van der Waals surface area contributed by atoms with E-state index in [0.29, 0.717) is 6.54 Å². The molecular weight excluding hydrogens is 200 g/mol. The van der Waals surface area contributed by atoms with E-state index in [-0.39, 0.29) is 11.8 Å². The second kappa shape index (κ2) is 3.59. The summed E-state index contributed by atoms with van der Waals surface area (Å²) < 4.78 is 22.1. The first-order valence-electron chi connectivity index (χ1n) is 4.42. The molecule has 0 bridgehead atoms. The van der Waals surface area contributed by atoms with E-state index in [2.05, 4.69) is 10.3 Å². The van der Waals surface area contributed by atoms with Gasteiger partial charge in [-0.05, 0) is 12.1 Å². The molecule has 0 aliphatic carbocycles. The third-order valence-electron chi connectivity index (χ3n) is 2.15. The van der Waals surface area contributed by atoms with Crippen molar-refractivity contribution in [1.82, 2.24) is 10.3 Å². The van der Waals surface area contributed by atoms with Crippen LogP contribution in [0.25, 0.3) is 0 Å². The molecule has 1 aliphatic heterocycles. The summed E-state index contributed by atoms with van der Waals surface area (Å²) in [6.07, 6.45) is 3.54. The predicted octanol–water partition coefficient (Wildman–Crippen LogP) is 0.415. The van der Waals surface area contributed by atoms with E-state index in [0.717, 1.165) is 5.69 Å². The number of aromatic nitrogens is 1. The van der Waals surface area contributed by atoms with Crippen LogP contribution in [0.3, 0.4) is 0 Å². The summed E-state index contributed by atoms with van der Waals surface area (Å²) in [6, 6.07) is 3.82. The average molecular weight is 212 g/mol. The van der Waals surface area contributed by atoms with E-state index in [4.69, 9.17) is 0 Å². The largest absolute Gasteiger partial charge is 0.364 e. The molecule has 1 aliphatic rings. The van der Waals surface area contributed by atoms with Crippen LogP contribution >= 0.6 is 0 Å². The highest BCUT2D eigenvalue weighted by molar-refractivity contribution is 7.94. The fourth-order valence-electron chi connectivity index (χ4n) is 1.42. The maximum absolute atomic E-state index is 11.1. The second-order valence-corrected chi connectivity index (χ2v) is 5.27. The Balaban J connectivity index is 1.87. The molecule has 4 nitrogen and oxygen atoms in total. The molecule has 2 rings (SSSR count). The summed E-state index contributed by atoms with van der Waals surface area (Å²) >= 11 is 0. The summed E-state index contributed by atoms with van der Waals surface area (Å²) in [5, 5.41) is 4.42. The third kappa shape index (κ3) is 2.24. The Kier molecular flexibility index (Phi) is 2.43. The van der Waals surface area contributed by atoms with Gasteiger partial charge >= 0.3 is 0 Å². The highest BCUT2D eigenvalue weighted by Gasteiger charge is 2.20. The Labute approximate surface area is 82.9 Å². The Hall–Kier alpha value is -1.07. The van der Waals surface area contributed by atoms with Gasteiger partial charge in [0.1, 0.15) is 0 Å². The molecule has 1 atom stereocenters. The first-order valence-corrected chi connectivity index (χ1v) is 6.14. The van der Waals surface area contributed by atoms with Gasteiger partial charge in [0.2, 0.25) is 0 Å². The number of nitrogens with one attached hydrogen (secondary N) is 2. The van der Waals surface area contributed by atoms with Crippen molar-refractivity contribution < 1.29 is 8.42 Å². The van der Waals surface area contributed by atoms with Gasteiger partial charge in [0.25, 0.3) is 0 Å². The second-order valence-electron chi connectivity index (χ2n) is 3.34. The lowest BCUT2D eigenvalue weighted by atomic mass is 10.3. The van der Waals surface area contributed by atoms with Gasteiger partial charge in [-0.25, -0.2) is 8.42 Å². The monoisotopic (exact) mass is 212 g/mol. The van der Waals surface area contributed by atoms with Gasteiger partial charge in [0, 0.05) is 29.9 Å². The van der Waals surface area contributed by atoms with Crippen LogP contribution in [0.2, 0.25) is 0 Å². The average Bonchev–Trinajstić information content (AvgIpc) is 2.70. The maximum Gasteiger partial charge on any atom is 0.173 e. The molecule has 1 aromatic heterocycles. The first kappa shape index (κ1) is 9.48. The molecule has 0 spiro atoms. The number of hydrogen-bond acceptors (Lipinski definition) is 3. The zero-order valence-electron chi connectivity index (χ0n) is 7.60. The number of sulfone groups is 1. The van der Waals surface area contributed by atoms with Gasteiger partial charge in [0.05, 0.1) is 5.75 Å². The van der Waals surface area contributed by atoms with E-state index in [1.54, 1.807) is 6.08 Å². The lowest BCUT2D eigenvalue weighted by molar-refractivity contribution is 0.588. The van der Waals surface area contributed by atoms with Gasteiger partial charge in [-0.15, -0.1) is 0 Å². The quantitative estimate of drug-likeness (QED) is 0.763. The Morgan fingerprint density at radius 2 is 2.43 bits per heavy atom. The summed E-state index contributed by atoms with van der Waals surface area (Å²) in [4.78, 5) is 3.05. The molecule has 1 unspecified atom stereocenters. The lowest BCUT2D eigenvalue weighted by Crippen LogP contribution is -2.29. The number of rotatable bonds is 3. The van der Waals surface area contributed by atoms with Crippen molar-refractivity contribution in [2.75, 3.05) is 5.75 Å². The minimum absolute atomic E-state index is 0.0525. The van der Waals surface area contributed by atoms with Gasteiger partial charge in [-0.1, -0.05) is 6.08 Å². The van der Waals surface area contributed by atoms with Crippen molar-refractivity contribution in [3.05, 3.63) is 35.5 Å². The number of H-pyrrole nitrogens is 1. The molecule has 0 aromatic carbocycles. The summed E-state index contributed by atoms with van der Waals surface area (Å²) in [7, 11) is -2.94. The third-order valence-corrected chi connectivity index (χ3v) is 3.54. The van der Waals surface area contributed by atoms with E-state index in [1.165, 1.54) is 5.41 Å². The molecule has 2 N–H and O–H groups in total. The number of hydrogen-bond donors (Lipinski definition) is 2. The van der Waals surface area contributed by atoms with E-state index in [1.807, 2.05) is 18.3 Å². The molecule has 0 radical (unpaired) electrons. The van der Waals surface area contributed by atoms with Crippen LogP contribution in [0.15, 0.2) is 29.8 Å². The predicted molar refractivity (Wildman–Crippen MR) is 54.3 cm³/mol. The van der Waals surface area contributed by atoms with Gasteiger partial charge in [-0.3, -0.25) is 0 Å². The van der Waals surface area contributed by atoms with E-state index in [9.17, 15) is 8.42 Å². The Bertz CT molecular complexity index is 420. The Morgan fingerprint density at radius 3 is 3.00 bits per heavy atom. The Morgan fingerprint density at radius 1 is 1.57 bits per heavy atom. The molecule has 5 heteroatoms. The van der Waals surface area contributed by atoms with Gasteiger partial charge < -0.3 is 10.3 Å². The van der Waals surface area contributed by atoms with Crippen LogP contribution in [0.5, 0.6) is 0 Å². The van der Waals surface area contributed by atoms with E-state index < -0.39 is 9.84 Å². The molecule has 0 saturated heterocycles. The maximum atomic E-state index is 11.1. The molecule has 1 aromatic rings. The van der Waals surface area contributed by atoms with E-state index >= 15 is 0 Å². The minimum atomic E-state index is -2.94. The zero-order valence-corrected chi connectivity index (χ0v) is 8.42. The van der Waals surface area contributed by atoms with Crippen LogP contribution < -0.4 is 5.32 Å². The van der Waals surface area contributed by atoms with Gasteiger partial charge in [-0.2, -0.15) is 0 Å². The standard InChI is InChI=1S/C9H12N2O2S/c12-14(13)5-3-9(7-14)11-6-8-2-1-4-10-8/h1-5,9-11H,6-7H2. The van der Waals surface area contributed by atoms with Crippen molar-refractivity contribution in [3.63, 3.8) is 0 Å². The normalized spacial score (nSPS) is 24.1. The van der Waals surface area contributed by atoms with Crippen molar-refractivity contribution in [1.29, 1.82) is 0 Å². The van der Waals surface area contributed by atoms with Crippen molar-refractivity contribution in [2.45, 2.75) is 12.6 Å². The summed E-state index contributed by atoms with van der Waals surface area (Å²) in [5.74, 6) is 0.174. The van der Waals surface area contributed by atoms with Crippen molar-refractivity contribution in [2.24, 2.45) is 0 Å². The summed E-state index contributed by atoms with van der Waals surface area (Å²) in [6.45, 7) is 0.664. The number of aromatic amines is 1. The van der Waals surface area contributed by atoms with Crippen LogP contribution in [-0.4, -0.2) is 25.2 Å². The topological polar surface area (TPSA) is 62.0 Å². The molecule has 0 fully saturated rings. The van der Waals surface area contributed by atoms with Crippen molar-refractivity contribution >= 4 is 9.84 Å². The van der Waals surface area contributed by atoms with Crippen LogP contribution in [-0.2, 0) is 16.4 Å². The molecular formula is C9H12N2O2S. The zero-order chi connectivity index (χ0) is 10.0.